The molecule has 1 aliphatic carbocycles. The Morgan fingerprint density at radius 3 is 2.19 bits per heavy atom. The number of benzene rings is 2. The summed E-state index contributed by atoms with van der Waals surface area (Å²) >= 11 is 0. The van der Waals surface area contributed by atoms with Crippen LogP contribution in [0.15, 0.2) is 48.5 Å². The first-order valence-corrected chi connectivity index (χ1v) is 12.5. The van der Waals surface area contributed by atoms with Gasteiger partial charge in [-0.1, -0.05) is 48.5 Å². The smallest absolute Gasteiger partial charge is 0.407 e. The summed E-state index contributed by atoms with van der Waals surface area (Å²) in [6, 6.07) is 14.9. The molecule has 2 aromatic rings. The summed E-state index contributed by atoms with van der Waals surface area (Å²) < 4.78 is 5.47. The number of hydrogen-bond acceptors (Lipinski definition) is 5. The highest BCUT2D eigenvalue weighted by molar-refractivity contribution is 5.81. The van der Waals surface area contributed by atoms with E-state index >= 15 is 0 Å². The topological polar surface area (TPSA) is 111 Å². The van der Waals surface area contributed by atoms with Crippen LogP contribution in [0.25, 0.3) is 11.1 Å². The number of nitrogens with one attached hydrogen (secondary N) is 2. The van der Waals surface area contributed by atoms with Gasteiger partial charge in [0.2, 0.25) is 0 Å². The van der Waals surface area contributed by atoms with Crippen molar-refractivity contribution in [2.75, 3.05) is 46.4 Å². The lowest BCUT2D eigenvalue weighted by Crippen LogP contribution is -2.50. The highest BCUT2D eigenvalue weighted by Crippen LogP contribution is 2.44. The number of carboxylic acid groups (broad SMARTS) is 1. The third-order valence-electron chi connectivity index (χ3n) is 6.92. The van der Waals surface area contributed by atoms with Gasteiger partial charge in [0.05, 0.1) is 0 Å². The fraction of sp³-hybridized carbons (Fsp3) is 0.444. The van der Waals surface area contributed by atoms with E-state index in [2.05, 4.69) is 27.7 Å². The van der Waals surface area contributed by atoms with Gasteiger partial charge in [-0.3, -0.25) is 0 Å². The normalized spacial score (nSPS) is 16.1. The molecule has 2 aromatic carbocycles. The second-order valence-electron chi connectivity index (χ2n) is 9.38. The van der Waals surface area contributed by atoms with Crippen LogP contribution in [0.4, 0.5) is 9.59 Å². The zero-order valence-corrected chi connectivity index (χ0v) is 20.6. The molecular formula is C27H34N4O5. The minimum atomic E-state index is -1.11. The van der Waals surface area contributed by atoms with Gasteiger partial charge >= 0.3 is 18.1 Å². The minimum Gasteiger partial charge on any atom is -0.480 e. The van der Waals surface area contributed by atoms with Crippen molar-refractivity contribution in [3.63, 3.8) is 0 Å². The predicted octanol–water partition coefficient (Wildman–Crippen LogP) is 3.11. The van der Waals surface area contributed by atoms with E-state index in [0.717, 1.165) is 35.3 Å². The van der Waals surface area contributed by atoms with Gasteiger partial charge in [0.15, 0.2) is 0 Å². The molecule has 9 heteroatoms. The van der Waals surface area contributed by atoms with E-state index in [1.165, 1.54) is 0 Å². The van der Waals surface area contributed by atoms with Crippen LogP contribution in [0.1, 0.15) is 36.3 Å². The number of alkyl carbamates (subject to hydrolysis) is 1. The number of likely N-dealkylation sites (N-methyl/N-ethyl adjacent to an activating group) is 1. The molecule has 0 aromatic heterocycles. The molecule has 3 N–H and O–H groups in total. The highest BCUT2D eigenvalue weighted by Gasteiger charge is 2.29. The number of amides is 3. The Balaban J connectivity index is 1.20. The number of ether oxygens (including phenoxy) is 1. The molecule has 1 fully saturated rings. The fourth-order valence-corrected chi connectivity index (χ4v) is 4.83. The summed E-state index contributed by atoms with van der Waals surface area (Å²) in [7, 11) is 2.03. The van der Waals surface area contributed by atoms with E-state index in [1.54, 1.807) is 4.90 Å². The lowest BCUT2D eigenvalue weighted by molar-refractivity contribution is -0.139. The Bertz CT molecular complexity index is 1040. The van der Waals surface area contributed by atoms with E-state index in [0.29, 0.717) is 32.5 Å². The van der Waals surface area contributed by atoms with Gasteiger partial charge in [0, 0.05) is 38.6 Å². The van der Waals surface area contributed by atoms with Crippen molar-refractivity contribution in [2.45, 2.75) is 31.2 Å². The lowest BCUT2D eigenvalue weighted by Gasteiger charge is -2.32. The lowest BCUT2D eigenvalue weighted by atomic mass is 9.98. The maximum absolute atomic E-state index is 12.5. The van der Waals surface area contributed by atoms with Crippen LogP contribution in [-0.4, -0.2) is 85.4 Å². The first-order valence-electron chi connectivity index (χ1n) is 12.5. The van der Waals surface area contributed by atoms with E-state index in [4.69, 9.17) is 4.74 Å². The third-order valence-corrected chi connectivity index (χ3v) is 6.92. The van der Waals surface area contributed by atoms with E-state index in [9.17, 15) is 19.5 Å². The zero-order chi connectivity index (χ0) is 25.5. The number of nitrogens with zero attached hydrogens (tertiary/aromatic N) is 2. The number of aliphatic carboxylic acids is 1. The van der Waals surface area contributed by atoms with Crippen LogP contribution >= 0.6 is 0 Å². The van der Waals surface area contributed by atoms with Crippen LogP contribution < -0.4 is 10.6 Å². The van der Waals surface area contributed by atoms with Crippen molar-refractivity contribution < 1.29 is 24.2 Å². The van der Waals surface area contributed by atoms with E-state index < -0.39 is 18.1 Å². The Morgan fingerprint density at radius 2 is 1.58 bits per heavy atom. The number of carbonyl (C=O) groups excluding carboxylic acids is 2. The second-order valence-corrected chi connectivity index (χ2v) is 9.38. The summed E-state index contributed by atoms with van der Waals surface area (Å²) in [4.78, 5) is 40.3. The largest absolute Gasteiger partial charge is 0.480 e. The maximum Gasteiger partial charge on any atom is 0.407 e. The minimum absolute atomic E-state index is 0.0876. The Morgan fingerprint density at radius 1 is 0.972 bits per heavy atom. The first kappa shape index (κ1) is 25.5. The monoisotopic (exact) mass is 494 g/mol. The number of fused-ring (bicyclic) bond motifs is 3. The highest BCUT2D eigenvalue weighted by atomic mass is 16.5. The fourth-order valence-electron chi connectivity index (χ4n) is 4.83. The van der Waals surface area contributed by atoms with Crippen molar-refractivity contribution in [3.8, 4) is 11.1 Å². The van der Waals surface area contributed by atoms with Gasteiger partial charge in [-0.2, -0.15) is 0 Å². The average Bonchev–Trinajstić information content (AvgIpc) is 3.20. The molecule has 0 saturated carbocycles. The van der Waals surface area contributed by atoms with Crippen molar-refractivity contribution in [1.29, 1.82) is 0 Å². The van der Waals surface area contributed by atoms with Crippen molar-refractivity contribution >= 4 is 18.1 Å². The van der Waals surface area contributed by atoms with Gasteiger partial charge in [-0.05, 0) is 48.6 Å². The SMILES string of the molecule is CN1CCN(C(=O)NCCCC[C@H](NC(=O)OCC2c3ccccc3-c3ccccc32)C(=O)O)CC1. The number of carbonyl (C=O) groups is 3. The molecule has 4 rings (SSSR count). The summed E-state index contributed by atoms with van der Waals surface area (Å²) in [5, 5.41) is 14.9. The Kier molecular flexibility index (Phi) is 8.43. The molecule has 3 amide bonds. The quantitative estimate of drug-likeness (QED) is 0.462. The molecular weight excluding hydrogens is 460 g/mol. The van der Waals surface area contributed by atoms with E-state index in [-0.39, 0.29) is 25.0 Å². The molecule has 0 radical (unpaired) electrons. The van der Waals surface area contributed by atoms with Crippen molar-refractivity contribution in [2.24, 2.45) is 0 Å². The summed E-state index contributed by atoms with van der Waals surface area (Å²) in [6.07, 6.45) is 0.677. The molecule has 192 valence electrons. The number of hydrogen-bond donors (Lipinski definition) is 3. The molecule has 0 bridgehead atoms. The Hall–Kier alpha value is -3.59. The van der Waals surface area contributed by atoms with Gasteiger partial charge < -0.3 is 30.3 Å². The molecule has 1 saturated heterocycles. The molecule has 9 nitrogen and oxygen atoms in total. The van der Waals surface area contributed by atoms with Crippen LogP contribution in [0.3, 0.4) is 0 Å². The van der Waals surface area contributed by atoms with Crippen molar-refractivity contribution in [3.05, 3.63) is 59.7 Å². The molecule has 1 atom stereocenters. The van der Waals surface area contributed by atoms with Crippen LogP contribution in [0.5, 0.6) is 0 Å². The summed E-state index contributed by atoms with van der Waals surface area (Å²) in [6.45, 7) is 3.71. The van der Waals surface area contributed by atoms with Gasteiger partial charge in [0.25, 0.3) is 0 Å². The van der Waals surface area contributed by atoms with Gasteiger partial charge in [-0.15, -0.1) is 0 Å². The average molecular weight is 495 g/mol. The standard InChI is InChI=1S/C27H34N4O5/c1-30-14-16-31(17-15-30)26(34)28-13-7-6-12-24(25(32)33)29-27(35)36-18-23-21-10-4-2-8-19(21)20-9-3-5-11-22(20)23/h2-5,8-11,23-24H,6-7,12-18H2,1H3,(H,28,34)(H,29,35)(H,32,33)/t24-/m0/s1. The molecule has 0 unspecified atom stereocenters. The third kappa shape index (κ3) is 6.15. The number of rotatable bonds is 9. The van der Waals surface area contributed by atoms with Crippen LogP contribution in [-0.2, 0) is 9.53 Å². The first-order chi connectivity index (χ1) is 17.4. The van der Waals surface area contributed by atoms with Crippen LogP contribution in [0, 0.1) is 0 Å². The molecule has 36 heavy (non-hydrogen) atoms. The zero-order valence-electron chi connectivity index (χ0n) is 20.6. The van der Waals surface area contributed by atoms with Gasteiger partial charge in [-0.25, -0.2) is 14.4 Å². The number of piperazine rings is 1. The summed E-state index contributed by atoms with van der Waals surface area (Å²) in [5.74, 6) is -1.19. The van der Waals surface area contributed by atoms with Crippen molar-refractivity contribution in [1.82, 2.24) is 20.4 Å². The molecule has 1 aliphatic heterocycles. The molecule has 1 heterocycles. The predicted molar refractivity (Wildman–Crippen MR) is 136 cm³/mol. The second kappa shape index (κ2) is 11.9. The van der Waals surface area contributed by atoms with Crippen LogP contribution in [0.2, 0.25) is 0 Å². The number of unbranched alkanes of at least 4 members (excludes halogenated alkanes) is 1. The number of carboxylic acids is 1. The van der Waals surface area contributed by atoms with E-state index in [1.807, 2.05) is 43.4 Å². The maximum atomic E-state index is 12.5. The van der Waals surface area contributed by atoms with Gasteiger partial charge in [0.1, 0.15) is 12.6 Å². The Labute approximate surface area is 211 Å². The number of urea groups is 1. The molecule has 2 aliphatic rings. The molecule has 0 spiro atoms. The summed E-state index contributed by atoms with van der Waals surface area (Å²) in [5.41, 5.74) is 4.45.